The van der Waals surface area contributed by atoms with Crippen LogP contribution in [-0.2, 0) is 29.9 Å². The smallest absolute Gasteiger partial charge is 0.296 e. The van der Waals surface area contributed by atoms with Gasteiger partial charge in [0.2, 0.25) is 10.0 Å². The Morgan fingerprint density at radius 2 is 1.69 bits per heavy atom. The van der Waals surface area contributed by atoms with Crippen molar-refractivity contribution in [3.63, 3.8) is 0 Å². The quantitative estimate of drug-likeness (QED) is 0.269. The van der Waals surface area contributed by atoms with Gasteiger partial charge in [0.05, 0.1) is 16.2 Å². The maximum absolute atomic E-state index is 14.5. The number of hydrogen-bond acceptors (Lipinski definition) is 7. The van der Waals surface area contributed by atoms with E-state index in [1.807, 2.05) is 25.9 Å². The van der Waals surface area contributed by atoms with Gasteiger partial charge in [0.15, 0.2) is 5.54 Å². The highest BCUT2D eigenvalue weighted by Crippen LogP contribution is 2.53. The lowest BCUT2D eigenvalue weighted by Crippen LogP contribution is -2.52. The van der Waals surface area contributed by atoms with E-state index < -0.39 is 38.9 Å². The molecule has 11 heteroatoms. The minimum absolute atomic E-state index is 0.0199. The van der Waals surface area contributed by atoms with Crippen LogP contribution in [0.15, 0.2) is 59.0 Å². The number of fused-ring (bicyclic) bond motifs is 2. The predicted molar refractivity (Wildman–Crippen MR) is 159 cm³/mol. The maximum Gasteiger partial charge on any atom is 0.296 e. The van der Waals surface area contributed by atoms with E-state index in [0.29, 0.717) is 50.3 Å². The van der Waals surface area contributed by atoms with Gasteiger partial charge >= 0.3 is 0 Å². The largest absolute Gasteiger partial charge is 0.507 e. The number of piperidine rings is 1. The van der Waals surface area contributed by atoms with Crippen LogP contribution in [0.25, 0.3) is 5.76 Å². The number of aliphatic hydroxyl groups excluding tert-OH is 1. The second-order valence-electron chi connectivity index (χ2n) is 11.3. The van der Waals surface area contributed by atoms with Gasteiger partial charge in [-0.2, -0.15) is 4.31 Å². The summed E-state index contributed by atoms with van der Waals surface area (Å²) in [5.74, 6) is -2.88. The molecule has 5 rings (SSSR count). The summed E-state index contributed by atoms with van der Waals surface area (Å²) < 4.78 is 28.3. The number of anilines is 1. The third-order valence-electron chi connectivity index (χ3n) is 8.30. The first-order chi connectivity index (χ1) is 20.1. The van der Waals surface area contributed by atoms with E-state index >= 15 is 0 Å². The number of carbonyl (C=O) groups excluding carboxylic acids is 3. The standard InChI is InChI=1S/C31H38N4O6S/c1-4-16-34-25-15-7-6-14-24(25)31(30(34)39)26(28(37)29(38)35(31)20-11-17-32(2)3)27(36)22-12-10-13-23(21-22)42(40,41)33-18-8-5-9-19-33/h6-7,10,12-15,21,36H,4-5,8-9,11,16-20H2,1-3H3/t31-/m1/s1. The molecule has 2 aromatic rings. The number of amides is 2. The lowest BCUT2D eigenvalue weighted by atomic mass is 9.82. The molecule has 0 unspecified atom stereocenters. The minimum atomic E-state index is -3.84. The molecule has 2 saturated heterocycles. The molecule has 1 atom stereocenters. The van der Waals surface area contributed by atoms with Crippen LogP contribution in [0.4, 0.5) is 5.69 Å². The molecular weight excluding hydrogens is 556 g/mol. The molecule has 0 aromatic heterocycles. The van der Waals surface area contributed by atoms with Crippen LogP contribution >= 0.6 is 0 Å². The van der Waals surface area contributed by atoms with Gasteiger partial charge in [0.1, 0.15) is 5.76 Å². The first-order valence-corrected chi connectivity index (χ1v) is 16.0. The number of benzene rings is 2. The Labute approximate surface area is 247 Å². The topological polar surface area (TPSA) is 119 Å². The Hall–Kier alpha value is -3.54. The van der Waals surface area contributed by atoms with Crippen molar-refractivity contribution < 1.29 is 27.9 Å². The van der Waals surface area contributed by atoms with Gasteiger partial charge in [0.25, 0.3) is 17.6 Å². The summed E-state index contributed by atoms with van der Waals surface area (Å²) in [6.07, 6.45) is 3.64. The van der Waals surface area contributed by atoms with Crippen LogP contribution in [0, 0.1) is 0 Å². The fourth-order valence-electron chi connectivity index (χ4n) is 6.36. The molecular formula is C31H38N4O6S. The SMILES string of the molecule is CCCN1C(=O)[C@]2(C(=C(O)c3cccc(S(=O)(=O)N4CCCCC4)c3)C(=O)C(=O)N2CCCN(C)C)c2ccccc21. The third kappa shape index (κ3) is 4.73. The normalized spacial score (nSPS) is 22.5. The molecule has 42 heavy (non-hydrogen) atoms. The van der Waals surface area contributed by atoms with Crippen LogP contribution in [-0.4, -0.2) is 92.0 Å². The maximum atomic E-state index is 14.5. The number of hydrogen-bond donors (Lipinski definition) is 1. The van der Waals surface area contributed by atoms with Crippen molar-refractivity contribution in [1.82, 2.24) is 14.1 Å². The Morgan fingerprint density at radius 3 is 2.38 bits per heavy atom. The second kappa shape index (κ2) is 11.6. The molecule has 2 aromatic carbocycles. The Morgan fingerprint density at radius 1 is 0.976 bits per heavy atom. The summed E-state index contributed by atoms with van der Waals surface area (Å²) in [6, 6.07) is 12.8. The van der Waals surface area contributed by atoms with Crippen LogP contribution in [0.5, 0.6) is 0 Å². The highest BCUT2D eigenvalue weighted by Gasteiger charge is 2.66. The van der Waals surface area contributed by atoms with Gasteiger partial charge in [-0.25, -0.2) is 8.42 Å². The van der Waals surface area contributed by atoms with Crippen molar-refractivity contribution in [3.05, 3.63) is 65.2 Å². The summed E-state index contributed by atoms with van der Waals surface area (Å²) in [4.78, 5) is 46.8. The molecule has 1 spiro atoms. The first kappa shape index (κ1) is 29.9. The fraction of sp³-hybridized carbons (Fsp3) is 0.452. The Kier molecular flexibility index (Phi) is 8.28. The van der Waals surface area contributed by atoms with Gasteiger partial charge in [-0.3, -0.25) is 14.4 Å². The predicted octanol–water partition coefficient (Wildman–Crippen LogP) is 3.15. The van der Waals surface area contributed by atoms with E-state index in [1.54, 1.807) is 29.2 Å². The van der Waals surface area contributed by atoms with Crippen LogP contribution in [0.1, 0.15) is 50.2 Å². The second-order valence-corrected chi connectivity index (χ2v) is 13.3. The number of para-hydroxylation sites is 1. The molecule has 3 heterocycles. The van der Waals surface area contributed by atoms with Crippen molar-refractivity contribution in [2.45, 2.75) is 49.5 Å². The molecule has 0 aliphatic carbocycles. The van der Waals surface area contributed by atoms with Crippen LogP contribution in [0.2, 0.25) is 0 Å². The monoisotopic (exact) mass is 594 g/mol. The van der Waals surface area contributed by atoms with Gasteiger partial charge in [0, 0.05) is 37.3 Å². The van der Waals surface area contributed by atoms with Gasteiger partial charge in [-0.05, 0) is 64.5 Å². The molecule has 0 radical (unpaired) electrons. The molecule has 3 aliphatic heterocycles. The molecule has 10 nitrogen and oxygen atoms in total. The molecule has 3 aliphatic rings. The summed E-state index contributed by atoms with van der Waals surface area (Å²) in [6.45, 7) is 3.85. The fourth-order valence-corrected chi connectivity index (χ4v) is 7.92. The number of Topliss-reactive ketones (excluding diaryl/α,β-unsaturated/α-hetero) is 1. The van der Waals surface area contributed by atoms with Crippen LogP contribution in [0.3, 0.4) is 0 Å². The zero-order valence-electron chi connectivity index (χ0n) is 24.4. The van der Waals surface area contributed by atoms with Gasteiger partial charge in [-0.15, -0.1) is 0 Å². The molecule has 0 bridgehead atoms. The Balaban J connectivity index is 1.70. The van der Waals surface area contributed by atoms with Crippen molar-refractivity contribution in [3.8, 4) is 0 Å². The van der Waals surface area contributed by atoms with Crippen molar-refractivity contribution in [2.24, 2.45) is 0 Å². The zero-order chi connectivity index (χ0) is 30.2. The number of nitrogens with zero attached hydrogens (tertiary/aromatic N) is 4. The van der Waals surface area contributed by atoms with E-state index in [4.69, 9.17) is 0 Å². The lowest BCUT2D eigenvalue weighted by molar-refractivity contribution is -0.143. The van der Waals surface area contributed by atoms with E-state index in [0.717, 1.165) is 19.3 Å². The van der Waals surface area contributed by atoms with Crippen LogP contribution < -0.4 is 4.90 Å². The zero-order valence-corrected chi connectivity index (χ0v) is 25.2. The molecule has 0 saturated carbocycles. The highest BCUT2D eigenvalue weighted by atomic mass is 32.2. The summed E-state index contributed by atoms with van der Waals surface area (Å²) in [5, 5.41) is 11.8. The van der Waals surface area contributed by atoms with E-state index in [1.165, 1.54) is 33.5 Å². The average Bonchev–Trinajstić information content (AvgIpc) is 3.36. The Bertz CT molecular complexity index is 1550. The van der Waals surface area contributed by atoms with Crippen molar-refractivity contribution >= 4 is 39.1 Å². The summed E-state index contributed by atoms with van der Waals surface area (Å²) in [7, 11) is -0.0491. The summed E-state index contributed by atoms with van der Waals surface area (Å²) >= 11 is 0. The number of sulfonamides is 1. The summed E-state index contributed by atoms with van der Waals surface area (Å²) in [5.41, 5.74) is -1.11. The number of likely N-dealkylation sites (tertiary alicyclic amines) is 1. The van der Waals surface area contributed by atoms with E-state index in [9.17, 15) is 27.9 Å². The number of ketones is 1. The number of rotatable bonds is 9. The third-order valence-corrected chi connectivity index (χ3v) is 10.2. The minimum Gasteiger partial charge on any atom is -0.507 e. The molecule has 2 amide bonds. The van der Waals surface area contributed by atoms with Gasteiger partial charge < -0.3 is 19.8 Å². The molecule has 1 N–H and O–H groups in total. The van der Waals surface area contributed by atoms with Crippen molar-refractivity contribution in [2.75, 3.05) is 51.7 Å². The average molecular weight is 595 g/mol. The molecule has 2 fully saturated rings. The van der Waals surface area contributed by atoms with E-state index in [-0.39, 0.29) is 22.6 Å². The highest BCUT2D eigenvalue weighted by molar-refractivity contribution is 7.89. The number of carbonyl (C=O) groups is 3. The lowest BCUT2D eigenvalue weighted by Gasteiger charge is -2.34. The van der Waals surface area contributed by atoms with Crippen molar-refractivity contribution in [1.29, 1.82) is 0 Å². The first-order valence-electron chi connectivity index (χ1n) is 14.5. The van der Waals surface area contributed by atoms with Gasteiger partial charge in [-0.1, -0.05) is 43.7 Å². The molecule has 224 valence electrons. The number of aliphatic hydroxyl groups is 1. The van der Waals surface area contributed by atoms with E-state index in [2.05, 4.69) is 0 Å².